The highest BCUT2D eigenvalue weighted by Gasteiger charge is 2.41. The highest BCUT2D eigenvalue weighted by atomic mass is 16.4. The van der Waals surface area contributed by atoms with Crippen LogP contribution in [-0.4, -0.2) is 68.9 Å². The van der Waals surface area contributed by atoms with Gasteiger partial charge in [0.15, 0.2) is 0 Å². The normalized spacial score (nSPS) is 42.7. The maximum Gasteiger partial charge on any atom is 0.111 e. The number of hydrogen-bond acceptors (Lipinski definition) is 5. The molecule has 0 bridgehead atoms. The number of piperidine rings is 1. The van der Waals surface area contributed by atoms with E-state index in [-0.39, 0.29) is 12.6 Å². The molecule has 3 unspecified atom stereocenters. The van der Waals surface area contributed by atoms with E-state index >= 15 is 0 Å². The number of nitrogens with zero attached hydrogens (tertiary/aromatic N) is 1. The zero-order chi connectivity index (χ0) is 13.3. The van der Waals surface area contributed by atoms with Crippen LogP contribution < -0.4 is 0 Å². The second kappa shape index (κ2) is 5.67. The molecule has 2 aliphatic rings. The van der Waals surface area contributed by atoms with Gasteiger partial charge in [0.25, 0.3) is 0 Å². The van der Waals surface area contributed by atoms with Crippen LogP contribution in [0.2, 0.25) is 0 Å². The maximum absolute atomic E-state index is 10.1. The molecule has 5 nitrogen and oxygen atoms in total. The van der Waals surface area contributed by atoms with E-state index in [1.807, 2.05) is 0 Å². The van der Waals surface area contributed by atoms with Gasteiger partial charge in [0.05, 0.1) is 12.6 Å². The highest BCUT2D eigenvalue weighted by molar-refractivity contribution is 5.22. The van der Waals surface area contributed by atoms with Crippen molar-refractivity contribution in [3.63, 3.8) is 0 Å². The standard InChI is InChI=1S/C13H23NO4/c1-8-4-2-3-5-14(8)10-6-9(7-15)11(16)13(18)12(10)17/h6,8,10-13,15-18H,2-5,7H2,1H3/t8?,10-,11?,12?,13+/m1/s1. The Labute approximate surface area is 107 Å². The lowest BCUT2D eigenvalue weighted by Gasteiger charge is -2.44. The average molecular weight is 257 g/mol. The number of likely N-dealkylation sites (tertiary alicyclic amines) is 1. The van der Waals surface area contributed by atoms with Gasteiger partial charge in [-0.05, 0) is 31.9 Å². The Morgan fingerprint density at radius 3 is 2.56 bits per heavy atom. The first-order chi connectivity index (χ1) is 8.56. The van der Waals surface area contributed by atoms with Crippen LogP contribution in [0, 0.1) is 0 Å². The summed E-state index contributed by atoms with van der Waals surface area (Å²) in [5.41, 5.74) is 0.399. The van der Waals surface area contributed by atoms with E-state index in [1.54, 1.807) is 6.08 Å². The summed E-state index contributed by atoms with van der Waals surface area (Å²) in [6, 6.07) is 0.0258. The van der Waals surface area contributed by atoms with E-state index < -0.39 is 18.3 Å². The van der Waals surface area contributed by atoms with Crippen molar-refractivity contribution in [3.8, 4) is 0 Å². The second-order valence-corrected chi connectivity index (χ2v) is 5.40. The zero-order valence-corrected chi connectivity index (χ0v) is 10.7. The summed E-state index contributed by atoms with van der Waals surface area (Å²) in [7, 11) is 0. The minimum Gasteiger partial charge on any atom is -0.392 e. The lowest BCUT2D eigenvalue weighted by Crippen LogP contribution is -2.58. The Morgan fingerprint density at radius 2 is 1.94 bits per heavy atom. The predicted octanol–water partition coefficient (Wildman–Crippen LogP) is -0.756. The second-order valence-electron chi connectivity index (χ2n) is 5.40. The fourth-order valence-electron chi connectivity index (χ4n) is 3.03. The number of aliphatic hydroxyl groups excluding tert-OH is 4. The summed E-state index contributed by atoms with van der Waals surface area (Å²) in [5, 5.41) is 38.9. The molecule has 0 spiro atoms. The predicted molar refractivity (Wildman–Crippen MR) is 67.0 cm³/mol. The lowest BCUT2D eigenvalue weighted by molar-refractivity contribution is -0.0905. The van der Waals surface area contributed by atoms with Crippen LogP contribution in [0.1, 0.15) is 26.2 Å². The monoisotopic (exact) mass is 257 g/mol. The summed E-state index contributed by atoms with van der Waals surface area (Å²) >= 11 is 0. The number of rotatable bonds is 2. The van der Waals surface area contributed by atoms with Crippen LogP contribution in [-0.2, 0) is 0 Å². The molecule has 5 heteroatoms. The van der Waals surface area contributed by atoms with E-state index in [1.165, 1.54) is 6.42 Å². The van der Waals surface area contributed by atoms with E-state index in [0.29, 0.717) is 11.6 Å². The van der Waals surface area contributed by atoms with Gasteiger partial charge in [-0.25, -0.2) is 0 Å². The Morgan fingerprint density at radius 1 is 1.22 bits per heavy atom. The van der Waals surface area contributed by atoms with Crippen molar-refractivity contribution >= 4 is 0 Å². The van der Waals surface area contributed by atoms with Crippen molar-refractivity contribution in [1.82, 2.24) is 4.90 Å². The van der Waals surface area contributed by atoms with Crippen LogP contribution in [0.15, 0.2) is 11.6 Å². The van der Waals surface area contributed by atoms with Crippen molar-refractivity contribution < 1.29 is 20.4 Å². The number of aliphatic hydroxyl groups is 4. The largest absolute Gasteiger partial charge is 0.392 e. The first kappa shape index (κ1) is 14.0. The SMILES string of the molecule is CC1CCCCN1[C@@H]1C=C(CO)C(O)[C@H](O)C1O. The van der Waals surface area contributed by atoms with Crippen molar-refractivity contribution in [2.24, 2.45) is 0 Å². The molecule has 18 heavy (non-hydrogen) atoms. The molecule has 1 fully saturated rings. The van der Waals surface area contributed by atoms with Gasteiger partial charge in [0.1, 0.15) is 18.3 Å². The van der Waals surface area contributed by atoms with Crippen LogP contribution in [0.4, 0.5) is 0 Å². The van der Waals surface area contributed by atoms with Gasteiger partial charge in [0.2, 0.25) is 0 Å². The maximum atomic E-state index is 10.1. The van der Waals surface area contributed by atoms with E-state index in [2.05, 4.69) is 11.8 Å². The molecule has 0 amide bonds. The summed E-state index contributed by atoms with van der Waals surface area (Å²) in [4.78, 5) is 2.15. The molecule has 1 heterocycles. The molecule has 4 N–H and O–H groups in total. The quantitative estimate of drug-likeness (QED) is 0.489. The minimum atomic E-state index is -1.23. The van der Waals surface area contributed by atoms with Gasteiger partial charge < -0.3 is 20.4 Å². The Hall–Kier alpha value is -0.460. The van der Waals surface area contributed by atoms with E-state index in [9.17, 15) is 20.4 Å². The van der Waals surface area contributed by atoms with Crippen molar-refractivity contribution in [1.29, 1.82) is 0 Å². The van der Waals surface area contributed by atoms with Gasteiger partial charge >= 0.3 is 0 Å². The Balaban J connectivity index is 2.22. The molecule has 0 aromatic rings. The molecule has 0 saturated carbocycles. The molecule has 0 aromatic heterocycles. The third-order valence-electron chi connectivity index (χ3n) is 4.21. The summed E-state index contributed by atoms with van der Waals surface area (Å²) in [5.74, 6) is 0. The van der Waals surface area contributed by atoms with E-state index in [4.69, 9.17) is 0 Å². The van der Waals surface area contributed by atoms with Crippen LogP contribution in [0.3, 0.4) is 0 Å². The summed E-state index contributed by atoms with van der Waals surface area (Å²) < 4.78 is 0. The molecule has 5 atom stereocenters. The molecule has 2 rings (SSSR count). The van der Waals surface area contributed by atoms with Gasteiger partial charge in [-0.2, -0.15) is 0 Å². The van der Waals surface area contributed by atoms with Gasteiger partial charge in [-0.3, -0.25) is 4.90 Å². The van der Waals surface area contributed by atoms with Gasteiger partial charge in [0, 0.05) is 6.04 Å². The average Bonchev–Trinajstić information content (AvgIpc) is 2.38. The summed E-state index contributed by atoms with van der Waals surface area (Å²) in [6.45, 7) is 2.69. The fourth-order valence-corrected chi connectivity index (χ4v) is 3.03. The zero-order valence-electron chi connectivity index (χ0n) is 10.7. The smallest absolute Gasteiger partial charge is 0.111 e. The minimum absolute atomic E-state index is 0.288. The van der Waals surface area contributed by atoms with Gasteiger partial charge in [-0.15, -0.1) is 0 Å². The molecular formula is C13H23NO4. The van der Waals surface area contributed by atoms with Crippen molar-refractivity contribution in [3.05, 3.63) is 11.6 Å². The lowest BCUT2D eigenvalue weighted by atomic mass is 9.85. The molecule has 1 aliphatic carbocycles. The summed E-state index contributed by atoms with van der Waals surface area (Å²) in [6.07, 6.45) is 1.65. The van der Waals surface area contributed by atoms with Crippen molar-refractivity contribution in [2.45, 2.75) is 56.6 Å². The van der Waals surface area contributed by atoms with Crippen molar-refractivity contribution in [2.75, 3.05) is 13.2 Å². The topological polar surface area (TPSA) is 84.2 Å². The van der Waals surface area contributed by atoms with Crippen LogP contribution >= 0.6 is 0 Å². The first-order valence-electron chi connectivity index (χ1n) is 6.67. The highest BCUT2D eigenvalue weighted by Crippen LogP contribution is 2.28. The fraction of sp³-hybridized carbons (Fsp3) is 0.846. The molecule has 0 aromatic carbocycles. The van der Waals surface area contributed by atoms with Crippen LogP contribution in [0.5, 0.6) is 0 Å². The van der Waals surface area contributed by atoms with E-state index in [0.717, 1.165) is 19.4 Å². The third-order valence-corrected chi connectivity index (χ3v) is 4.21. The molecule has 0 radical (unpaired) electrons. The Kier molecular flexibility index (Phi) is 4.40. The van der Waals surface area contributed by atoms with Crippen LogP contribution in [0.25, 0.3) is 0 Å². The molecular weight excluding hydrogens is 234 g/mol. The van der Waals surface area contributed by atoms with Gasteiger partial charge in [-0.1, -0.05) is 12.5 Å². The third kappa shape index (κ3) is 2.46. The molecule has 1 saturated heterocycles. The molecule has 104 valence electrons. The number of hydrogen-bond donors (Lipinski definition) is 4. The Bertz CT molecular complexity index is 320. The first-order valence-corrected chi connectivity index (χ1v) is 6.67. The molecule has 1 aliphatic heterocycles.